The number of carbonyl (C=O) groups is 2. The highest BCUT2D eigenvalue weighted by molar-refractivity contribution is 5.79. The minimum atomic E-state index is -0.378. The molecule has 3 saturated heterocycles. The number of hydrogen-bond donors (Lipinski definition) is 1. The first kappa shape index (κ1) is 19.4. The number of aromatic nitrogens is 1. The molecule has 1 N–H and O–H groups in total. The molecule has 30 heavy (non-hydrogen) atoms. The monoisotopic (exact) mass is 414 g/mol. The SMILES string of the molecule is C[C@]12CCN(C(=O)N3CCC(Cc4nc5ccccc5o4)CC3)C[C@H]1NC(=O)CO2.[HH]. The summed E-state index contributed by atoms with van der Waals surface area (Å²) in [6.07, 6.45) is 3.43. The van der Waals surface area contributed by atoms with Gasteiger partial charge in [0.1, 0.15) is 12.1 Å². The lowest BCUT2D eigenvalue weighted by molar-refractivity contribution is -0.156. The summed E-state index contributed by atoms with van der Waals surface area (Å²) in [5.41, 5.74) is 1.35. The molecule has 3 aliphatic heterocycles. The quantitative estimate of drug-likeness (QED) is 0.815. The van der Waals surface area contributed by atoms with Crippen LogP contribution in [0.4, 0.5) is 4.79 Å². The fourth-order valence-electron chi connectivity index (χ4n) is 4.83. The van der Waals surface area contributed by atoms with Gasteiger partial charge in [0, 0.05) is 34.0 Å². The molecule has 3 fully saturated rings. The average molecular weight is 415 g/mol. The number of amides is 3. The van der Waals surface area contributed by atoms with Gasteiger partial charge in [-0.25, -0.2) is 9.78 Å². The third-order valence-corrected chi connectivity index (χ3v) is 6.84. The molecule has 0 bridgehead atoms. The van der Waals surface area contributed by atoms with Crippen molar-refractivity contribution in [2.45, 2.75) is 44.2 Å². The van der Waals surface area contributed by atoms with E-state index in [0.29, 0.717) is 19.0 Å². The number of nitrogens with one attached hydrogen (secondary N) is 1. The zero-order valence-electron chi connectivity index (χ0n) is 17.3. The number of carbonyl (C=O) groups excluding carboxylic acids is 2. The number of rotatable bonds is 2. The zero-order chi connectivity index (χ0) is 20.7. The number of fused-ring (bicyclic) bond motifs is 2. The Kier molecular flexibility index (Phi) is 4.89. The molecule has 3 aliphatic rings. The first-order chi connectivity index (χ1) is 14.5. The second-order valence-electron chi connectivity index (χ2n) is 8.91. The Balaban J connectivity index is 0.00000231. The van der Waals surface area contributed by atoms with E-state index < -0.39 is 0 Å². The van der Waals surface area contributed by atoms with Gasteiger partial charge in [-0.3, -0.25) is 4.79 Å². The number of hydrogen-bond acceptors (Lipinski definition) is 5. The van der Waals surface area contributed by atoms with Crippen molar-refractivity contribution in [2.75, 3.05) is 32.8 Å². The molecule has 1 aromatic carbocycles. The highest BCUT2D eigenvalue weighted by Gasteiger charge is 2.46. The number of oxazole rings is 1. The van der Waals surface area contributed by atoms with Crippen LogP contribution in [0.25, 0.3) is 11.1 Å². The molecule has 2 atom stereocenters. The van der Waals surface area contributed by atoms with Crippen molar-refractivity contribution in [1.29, 1.82) is 0 Å². The first-order valence-corrected chi connectivity index (χ1v) is 10.8. The van der Waals surface area contributed by atoms with Gasteiger partial charge >= 0.3 is 6.03 Å². The lowest BCUT2D eigenvalue weighted by Gasteiger charge is -2.49. The maximum Gasteiger partial charge on any atom is 0.320 e. The van der Waals surface area contributed by atoms with Crippen molar-refractivity contribution in [3.63, 3.8) is 0 Å². The molecule has 3 amide bonds. The summed E-state index contributed by atoms with van der Waals surface area (Å²) in [5, 5.41) is 3.00. The predicted molar refractivity (Wildman–Crippen MR) is 112 cm³/mol. The van der Waals surface area contributed by atoms with Gasteiger partial charge in [0.2, 0.25) is 5.91 Å². The fourth-order valence-corrected chi connectivity index (χ4v) is 4.83. The third kappa shape index (κ3) is 3.64. The molecule has 0 spiro atoms. The molecule has 0 radical (unpaired) electrons. The van der Waals surface area contributed by atoms with Crippen LogP contribution in [0.1, 0.15) is 33.5 Å². The first-order valence-electron chi connectivity index (χ1n) is 10.8. The predicted octanol–water partition coefficient (Wildman–Crippen LogP) is 2.43. The number of ether oxygens (including phenoxy) is 1. The summed E-state index contributed by atoms with van der Waals surface area (Å²) in [6.45, 7) is 4.77. The van der Waals surface area contributed by atoms with E-state index in [-0.39, 0.29) is 31.6 Å². The summed E-state index contributed by atoms with van der Waals surface area (Å²) in [4.78, 5) is 33.2. The molecule has 0 aliphatic carbocycles. The lowest BCUT2D eigenvalue weighted by atomic mass is 9.87. The molecular weight excluding hydrogens is 384 g/mol. The largest absolute Gasteiger partial charge is 0.441 e. The van der Waals surface area contributed by atoms with Crippen molar-refractivity contribution in [2.24, 2.45) is 5.92 Å². The van der Waals surface area contributed by atoms with Crippen LogP contribution in [0.15, 0.2) is 28.7 Å². The number of likely N-dealkylation sites (tertiary alicyclic amines) is 2. The molecule has 5 rings (SSSR count). The number of urea groups is 1. The van der Waals surface area contributed by atoms with E-state index in [4.69, 9.17) is 9.15 Å². The molecule has 2 aromatic rings. The van der Waals surface area contributed by atoms with Crippen LogP contribution in [-0.4, -0.2) is 71.2 Å². The van der Waals surface area contributed by atoms with Crippen LogP contribution in [0.2, 0.25) is 0 Å². The summed E-state index contributed by atoms with van der Waals surface area (Å²) in [6, 6.07) is 7.75. The second kappa shape index (κ2) is 7.58. The van der Waals surface area contributed by atoms with E-state index in [2.05, 4.69) is 10.3 Å². The molecular formula is C22H30N4O4. The maximum absolute atomic E-state index is 13.1. The summed E-state index contributed by atoms with van der Waals surface area (Å²) >= 11 is 0. The van der Waals surface area contributed by atoms with Crippen molar-refractivity contribution < 1.29 is 20.2 Å². The van der Waals surface area contributed by atoms with Gasteiger partial charge < -0.3 is 24.3 Å². The summed E-state index contributed by atoms with van der Waals surface area (Å²) in [5.74, 6) is 1.15. The van der Waals surface area contributed by atoms with Gasteiger partial charge in [-0.1, -0.05) is 12.1 Å². The smallest absolute Gasteiger partial charge is 0.320 e. The van der Waals surface area contributed by atoms with Crippen LogP contribution < -0.4 is 5.32 Å². The summed E-state index contributed by atoms with van der Waals surface area (Å²) < 4.78 is 11.6. The molecule has 8 heteroatoms. The van der Waals surface area contributed by atoms with Gasteiger partial charge in [-0.15, -0.1) is 0 Å². The third-order valence-electron chi connectivity index (χ3n) is 6.84. The van der Waals surface area contributed by atoms with Gasteiger partial charge in [-0.2, -0.15) is 0 Å². The molecule has 162 valence electrons. The standard InChI is InChI=1S/C22H28N4O4.H2/c1-22-8-11-26(13-18(22)24-19(27)14-29-22)21(28)25-9-6-15(7-10-25)12-20-23-16-4-2-3-5-17(16)30-20;/h2-5,15,18H,6-14H2,1H3,(H,24,27);1H/t18-,22+;/m1./s1. The number of nitrogens with zero attached hydrogens (tertiary/aromatic N) is 3. The Morgan fingerprint density at radius 2 is 2.07 bits per heavy atom. The molecule has 8 nitrogen and oxygen atoms in total. The second-order valence-corrected chi connectivity index (χ2v) is 8.91. The molecule has 1 aromatic heterocycles. The van der Waals surface area contributed by atoms with Gasteiger partial charge in [0.05, 0.1) is 11.6 Å². The zero-order valence-corrected chi connectivity index (χ0v) is 17.3. The van der Waals surface area contributed by atoms with Gasteiger partial charge in [0.15, 0.2) is 11.5 Å². The Morgan fingerprint density at radius 3 is 2.87 bits per heavy atom. The minimum absolute atomic E-state index is 0. The van der Waals surface area contributed by atoms with Crippen LogP contribution in [0, 0.1) is 5.92 Å². The average Bonchev–Trinajstić information content (AvgIpc) is 3.16. The van der Waals surface area contributed by atoms with Crippen LogP contribution in [-0.2, 0) is 16.0 Å². The van der Waals surface area contributed by atoms with Crippen LogP contribution >= 0.6 is 0 Å². The number of morpholine rings is 1. The van der Waals surface area contributed by atoms with Gasteiger partial charge in [-0.05, 0) is 44.2 Å². The summed E-state index contributed by atoms with van der Waals surface area (Å²) in [7, 11) is 0. The van der Waals surface area contributed by atoms with Crippen LogP contribution in [0.3, 0.4) is 0 Å². The van der Waals surface area contributed by atoms with Crippen molar-refractivity contribution in [3.8, 4) is 0 Å². The lowest BCUT2D eigenvalue weighted by Crippen LogP contribution is -2.67. The van der Waals surface area contributed by atoms with E-state index in [1.54, 1.807) is 0 Å². The Hall–Kier alpha value is -2.61. The van der Waals surface area contributed by atoms with Crippen molar-refractivity contribution >= 4 is 23.0 Å². The molecule has 4 heterocycles. The highest BCUT2D eigenvalue weighted by Crippen LogP contribution is 2.30. The fraction of sp³-hybridized carbons (Fsp3) is 0.591. The van der Waals surface area contributed by atoms with Crippen LogP contribution in [0.5, 0.6) is 0 Å². The van der Waals surface area contributed by atoms with E-state index in [1.165, 1.54) is 0 Å². The van der Waals surface area contributed by atoms with E-state index in [0.717, 1.165) is 55.8 Å². The number of piperidine rings is 2. The van der Waals surface area contributed by atoms with E-state index in [1.807, 2.05) is 41.0 Å². The number of benzene rings is 1. The normalized spacial score (nSPS) is 27.8. The topological polar surface area (TPSA) is 87.9 Å². The minimum Gasteiger partial charge on any atom is -0.441 e. The Morgan fingerprint density at radius 1 is 1.27 bits per heavy atom. The molecule has 0 saturated carbocycles. The molecule has 0 unspecified atom stereocenters. The van der Waals surface area contributed by atoms with E-state index in [9.17, 15) is 9.59 Å². The van der Waals surface area contributed by atoms with Gasteiger partial charge in [0.25, 0.3) is 0 Å². The maximum atomic E-state index is 13.1. The van der Waals surface area contributed by atoms with Crippen molar-refractivity contribution in [1.82, 2.24) is 20.1 Å². The highest BCUT2D eigenvalue weighted by atomic mass is 16.5. The Bertz CT molecular complexity index is 925. The Labute approximate surface area is 177 Å². The number of para-hydroxylation sites is 2. The van der Waals surface area contributed by atoms with E-state index >= 15 is 0 Å². The van der Waals surface area contributed by atoms with Crippen molar-refractivity contribution in [3.05, 3.63) is 30.2 Å².